The molecule has 30 heavy (non-hydrogen) atoms. The van der Waals surface area contributed by atoms with Crippen LogP contribution in [0.25, 0.3) is 21.3 Å². The van der Waals surface area contributed by atoms with Crippen LogP contribution in [0.4, 0.5) is 10.1 Å². The first-order valence-electron chi connectivity index (χ1n) is 9.31. The van der Waals surface area contributed by atoms with Crippen LogP contribution < -0.4 is 15.6 Å². The molecule has 2 aromatic heterocycles. The molecule has 6 nitrogen and oxygen atoms in total. The number of fused-ring (bicyclic) bond motifs is 1. The Morgan fingerprint density at radius 1 is 1.20 bits per heavy atom. The van der Waals surface area contributed by atoms with Crippen LogP contribution in [-0.2, 0) is 11.3 Å². The number of nitrogens with zero attached hydrogens (tertiary/aromatic N) is 2. The number of amides is 1. The number of benzene rings is 2. The number of thiophene rings is 1. The Hall–Kier alpha value is -3.52. The van der Waals surface area contributed by atoms with Crippen molar-refractivity contribution in [2.45, 2.75) is 13.5 Å². The topological polar surface area (TPSA) is 73.2 Å². The van der Waals surface area contributed by atoms with E-state index < -0.39 is 11.7 Å². The molecule has 1 N–H and O–H groups in total. The van der Waals surface area contributed by atoms with Gasteiger partial charge in [0.2, 0.25) is 5.91 Å². The van der Waals surface area contributed by atoms with Crippen molar-refractivity contribution in [1.29, 1.82) is 0 Å². The number of ether oxygens (including phenoxy) is 1. The van der Waals surface area contributed by atoms with Gasteiger partial charge in [-0.3, -0.25) is 14.2 Å². The van der Waals surface area contributed by atoms with E-state index >= 15 is 0 Å². The average Bonchev–Trinajstić information content (AvgIpc) is 3.18. The molecule has 0 spiro atoms. The minimum Gasteiger partial charge on any atom is -0.494 e. The Morgan fingerprint density at radius 2 is 1.97 bits per heavy atom. The van der Waals surface area contributed by atoms with E-state index in [1.165, 1.54) is 40.4 Å². The minimum atomic E-state index is -0.539. The zero-order valence-electron chi connectivity index (χ0n) is 16.1. The van der Waals surface area contributed by atoms with Crippen LogP contribution in [0.3, 0.4) is 0 Å². The zero-order chi connectivity index (χ0) is 21.1. The highest BCUT2D eigenvalue weighted by Crippen LogP contribution is 2.31. The maximum atomic E-state index is 13.7. The number of halogens is 1. The molecule has 0 fully saturated rings. The van der Waals surface area contributed by atoms with Crippen LogP contribution in [0.5, 0.6) is 5.75 Å². The largest absolute Gasteiger partial charge is 0.494 e. The lowest BCUT2D eigenvalue weighted by Gasteiger charge is -2.08. The van der Waals surface area contributed by atoms with Gasteiger partial charge in [-0.15, -0.1) is 11.3 Å². The lowest BCUT2D eigenvalue weighted by Crippen LogP contribution is -2.28. The number of nitrogens with one attached hydrogen (secondary N) is 1. The van der Waals surface area contributed by atoms with Crippen molar-refractivity contribution in [1.82, 2.24) is 9.55 Å². The van der Waals surface area contributed by atoms with E-state index in [1.807, 2.05) is 36.6 Å². The molecule has 8 heteroatoms. The molecule has 0 saturated carbocycles. The van der Waals surface area contributed by atoms with E-state index in [0.717, 1.165) is 16.9 Å². The minimum absolute atomic E-state index is 0.0650. The normalized spacial score (nSPS) is 10.9. The molecule has 0 aliphatic heterocycles. The predicted molar refractivity (Wildman–Crippen MR) is 116 cm³/mol. The van der Waals surface area contributed by atoms with Gasteiger partial charge in [-0.1, -0.05) is 24.3 Å². The summed E-state index contributed by atoms with van der Waals surface area (Å²) in [7, 11) is 0. The van der Waals surface area contributed by atoms with Crippen LogP contribution in [0.2, 0.25) is 0 Å². The third kappa shape index (κ3) is 3.95. The number of hydrogen-bond donors (Lipinski definition) is 1. The molecule has 0 saturated heterocycles. The van der Waals surface area contributed by atoms with Crippen LogP contribution in [0.1, 0.15) is 6.92 Å². The van der Waals surface area contributed by atoms with Gasteiger partial charge in [-0.25, -0.2) is 9.37 Å². The van der Waals surface area contributed by atoms with E-state index in [-0.39, 0.29) is 17.8 Å². The fourth-order valence-corrected chi connectivity index (χ4v) is 4.00. The van der Waals surface area contributed by atoms with Crippen LogP contribution >= 0.6 is 11.3 Å². The van der Waals surface area contributed by atoms with Crippen LogP contribution in [0.15, 0.2) is 65.0 Å². The Balaban J connectivity index is 1.63. The molecule has 2 aromatic carbocycles. The second-order valence-corrected chi connectivity index (χ2v) is 7.35. The Kier molecular flexibility index (Phi) is 5.58. The summed E-state index contributed by atoms with van der Waals surface area (Å²) in [6.45, 7) is 2.22. The summed E-state index contributed by atoms with van der Waals surface area (Å²) in [5.74, 6) is -0.301. The maximum Gasteiger partial charge on any atom is 0.263 e. The van der Waals surface area contributed by atoms with Crippen molar-refractivity contribution in [2.24, 2.45) is 0 Å². The van der Waals surface area contributed by atoms with E-state index in [0.29, 0.717) is 16.8 Å². The molecule has 0 aliphatic rings. The van der Waals surface area contributed by atoms with Gasteiger partial charge in [-0.2, -0.15) is 0 Å². The molecule has 0 aliphatic carbocycles. The van der Waals surface area contributed by atoms with Gasteiger partial charge < -0.3 is 10.1 Å². The number of hydrogen-bond acceptors (Lipinski definition) is 5. The molecule has 152 valence electrons. The second-order valence-electron chi connectivity index (χ2n) is 6.49. The predicted octanol–water partition coefficient (Wildman–Crippen LogP) is 4.30. The first kappa shape index (κ1) is 19.8. The van der Waals surface area contributed by atoms with Crippen molar-refractivity contribution in [2.75, 3.05) is 11.9 Å². The highest BCUT2D eigenvalue weighted by atomic mass is 32.1. The summed E-state index contributed by atoms with van der Waals surface area (Å²) in [6, 6.07) is 13.3. The van der Waals surface area contributed by atoms with Crippen LogP contribution in [-0.4, -0.2) is 22.1 Å². The molecule has 4 rings (SSSR count). The maximum absolute atomic E-state index is 13.7. The van der Waals surface area contributed by atoms with Crippen LogP contribution in [0, 0.1) is 5.82 Å². The van der Waals surface area contributed by atoms with E-state index in [4.69, 9.17) is 4.74 Å². The van der Waals surface area contributed by atoms with E-state index in [9.17, 15) is 14.0 Å². The van der Waals surface area contributed by atoms with Crippen molar-refractivity contribution in [3.8, 4) is 16.9 Å². The lowest BCUT2D eigenvalue weighted by molar-refractivity contribution is -0.116. The Bertz CT molecular complexity index is 1260. The summed E-state index contributed by atoms with van der Waals surface area (Å²) in [4.78, 5) is 30.3. The lowest BCUT2D eigenvalue weighted by atomic mass is 10.1. The van der Waals surface area contributed by atoms with Gasteiger partial charge in [0, 0.05) is 10.9 Å². The molecule has 0 radical (unpaired) electrons. The zero-order valence-corrected chi connectivity index (χ0v) is 16.9. The van der Waals surface area contributed by atoms with Gasteiger partial charge in [0.15, 0.2) is 0 Å². The standard InChI is InChI=1S/C22H18FN3O3S/c1-2-29-15-9-7-14(8-10-15)16-12-30-21-20(16)22(28)26(13-24-21)11-19(27)25-18-6-4-3-5-17(18)23/h3-10,12-13H,2,11H2,1H3,(H,25,27). The molecule has 0 atom stereocenters. The first-order chi connectivity index (χ1) is 14.6. The average molecular weight is 423 g/mol. The molecule has 1 amide bonds. The fraction of sp³-hybridized carbons (Fsp3) is 0.136. The van der Waals surface area contributed by atoms with Crippen molar-refractivity contribution in [3.63, 3.8) is 0 Å². The molecule has 4 aromatic rings. The second kappa shape index (κ2) is 8.46. The van der Waals surface area contributed by atoms with Gasteiger partial charge in [0.05, 0.1) is 24.0 Å². The highest BCUT2D eigenvalue weighted by Gasteiger charge is 2.15. The summed E-state index contributed by atoms with van der Waals surface area (Å²) in [5.41, 5.74) is 1.35. The number of para-hydroxylation sites is 1. The Labute approximate surface area is 175 Å². The molecule has 2 heterocycles. The Morgan fingerprint density at radius 3 is 2.70 bits per heavy atom. The van der Waals surface area contributed by atoms with Gasteiger partial charge in [0.25, 0.3) is 5.56 Å². The first-order valence-corrected chi connectivity index (χ1v) is 10.2. The molecule has 0 unspecified atom stereocenters. The SMILES string of the molecule is CCOc1ccc(-c2csc3ncn(CC(=O)Nc4ccccc4F)c(=O)c23)cc1. The number of rotatable bonds is 6. The van der Waals surface area contributed by atoms with Gasteiger partial charge in [-0.05, 0) is 36.8 Å². The van der Waals surface area contributed by atoms with Crippen molar-refractivity contribution < 1.29 is 13.9 Å². The van der Waals surface area contributed by atoms with Gasteiger partial charge >= 0.3 is 0 Å². The molecular formula is C22H18FN3O3S. The number of anilines is 1. The van der Waals surface area contributed by atoms with Crippen molar-refractivity contribution in [3.05, 3.63) is 76.4 Å². The van der Waals surface area contributed by atoms with E-state index in [1.54, 1.807) is 6.07 Å². The highest BCUT2D eigenvalue weighted by molar-refractivity contribution is 7.17. The number of carbonyl (C=O) groups excluding carboxylic acids is 1. The monoisotopic (exact) mass is 423 g/mol. The third-order valence-electron chi connectivity index (χ3n) is 4.50. The van der Waals surface area contributed by atoms with Crippen molar-refractivity contribution >= 4 is 33.1 Å². The van der Waals surface area contributed by atoms with Gasteiger partial charge in [0.1, 0.15) is 22.9 Å². The summed E-state index contributed by atoms with van der Waals surface area (Å²) < 4.78 is 20.4. The number of aromatic nitrogens is 2. The fourth-order valence-electron chi connectivity index (χ4n) is 3.10. The molecular weight excluding hydrogens is 405 g/mol. The third-order valence-corrected chi connectivity index (χ3v) is 5.39. The quantitative estimate of drug-likeness (QED) is 0.502. The summed E-state index contributed by atoms with van der Waals surface area (Å²) in [6.07, 6.45) is 1.34. The number of carbonyl (C=O) groups is 1. The smallest absolute Gasteiger partial charge is 0.263 e. The molecule has 0 bridgehead atoms. The summed E-state index contributed by atoms with van der Waals surface area (Å²) >= 11 is 1.36. The summed E-state index contributed by atoms with van der Waals surface area (Å²) in [5, 5.41) is 4.80. The van der Waals surface area contributed by atoms with E-state index in [2.05, 4.69) is 10.3 Å².